The van der Waals surface area contributed by atoms with Gasteiger partial charge in [0, 0.05) is 19.1 Å². The third-order valence-corrected chi connectivity index (χ3v) is 3.63. The maximum absolute atomic E-state index is 6.37. The van der Waals surface area contributed by atoms with Crippen LogP contribution in [0, 0.1) is 20.8 Å². The third-order valence-electron chi connectivity index (χ3n) is 3.63. The van der Waals surface area contributed by atoms with Crippen molar-refractivity contribution in [2.75, 3.05) is 19.7 Å². The summed E-state index contributed by atoms with van der Waals surface area (Å²) in [5, 5.41) is 3.35. The Balaban J connectivity index is 2.10. The zero-order chi connectivity index (χ0) is 13.1. The minimum atomic E-state index is 0.0653. The Morgan fingerprint density at radius 2 is 2.00 bits per heavy atom. The molecule has 1 aromatic carbocycles. The molecular weight excluding hydrogens is 224 g/mol. The number of benzene rings is 1. The Morgan fingerprint density at radius 1 is 1.33 bits per heavy atom. The molecule has 0 amide bonds. The van der Waals surface area contributed by atoms with Crippen molar-refractivity contribution in [3.63, 3.8) is 0 Å². The molecule has 1 fully saturated rings. The minimum absolute atomic E-state index is 0.0653. The lowest BCUT2D eigenvalue weighted by Crippen LogP contribution is -2.40. The second kappa shape index (κ2) is 5.83. The van der Waals surface area contributed by atoms with Crippen molar-refractivity contribution in [2.24, 2.45) is 5.73 Å². The predicted octanol–water partition coefficient (Wildman–Crippen LogP) is 1.99. The summed E-state index contributed by atoms with van der Waals surface area (Å²) < 4.78 is 5.73. The average Bonchev–Trinajstić information content (AvgIpc) is 2.28. The highest BCUT2D eigenvalue weighted by Gasteiger charge is 2.20. The van der Waals surface area contributed by atoms with E-state index in [0.29, 0.717) is 0 Å². The molecule has 3 N–H and O–H groups in total. The van der Waals surface area contributed by atoms with Gasteiger partial charge in [0.2, 0.25) is 0 Å². The minimum Gasteiger partial charge on any atom is -0.376 e. The number of hydrogen-bond donors (Lipinski definition) is 2. The van der Waals surface area contributed by atoms with Crippen LogP contribution in [-0.4, -0.2) is 25.8 Å². The Morgan fingerprint density at radius 3 is 2.56 bits per heavy atom. The summed E-state index contributed by atoms with van der Waals surface area (Å²) >= 11 is 0. The van der Waals surface area contributed by atoms with Crippen LogP contribution in [0.15, 0.2) is 12.1 Å². The van der Waals surface area contributed by atoms with Crippen LogP contribution in [-0.2, 0) is 4.74 Å². The fourth-order valence-electron chi connectivity index (χ4n) is 2.95. The van der Waals surface area contributed by atoms with E-state index in [1.165, 1.54) is 22.3 Å². The molecule has 0 bridgehead atoms. The molecule has 1 aliphatic rings. The first-order chi connectivity index (χ1) is 8.58. The molecule has 3 heteroatoms. The SMILES string of the molecule is Cc1cc(C)c(C(N)CC2CNCCO2)c(C)c1. The molecule has 2 unspecified atom stereocenters. The summed E-state index contributed by atoms with van der Waals surface area (Å²) in [6.45, 7) is 9.09. The van der Waals surface area contributed by atoms with Crippen LogP contribution in [0.25, 0.3) is 0 Å². The lowest BCUT2D eigenvalue weighted by Gasteiger charge is -2.27. The van der Waals surface area contributed by atoms with Gasteiger partial charge >= 0.3 is 0 Å². The van der Waals surface area contributed by atoms with Gasteiger partial charge in [-0.15, -0.1) is 0 Å². The molecule has 2 rings (SSSR count). The van der Waals surface area contributed by atoms with E-state index in [0.717, 1.165) is 26.1 Å². The van der Waals surface area contributed by atoms with E-state index in [9.17, 15) is 0 Å². The number of rotatable bonds is 3. The number of morpholine rings is 1. The number of ether oxygens (including phenoxy) is 1. The molecule has 1 aliphatic heterocycles. The Kier molecular flexibility index (Phi) is 4.38. The van der Waals surface area contributed by atoms with Gasteiger partial charge < -0.3 is 15.8 Å². The number of hydrogen-bond acceptors (Lipinski definition) is 3. The molecule has 3 nitrogen and oxygen atoms in total. The summed E-state index contributed by atoms with van der Waals surface area (Å²) in [5.41, 5.74) is 11.5. The van der Waals surface area contributed by atoms with Gasteiger partial charge in [0.1, 0.15) is 0 Å². The van der Waals surface area contributed by atoms with Gasteiger partial charge in [0.15, 0.2) is 0 Å². The van der Waals surface area contributed by atoms with Crippen LogP contribution >= 0.6 is 0 Å². The first-order valence-electron chi connectivity index (χ1n) is 6.73. The van der Waals surface area contributed by atoms with Crippen LogP contribution in [0.3, 0.4) is 0 Å². The number of nitrogens with two attached hydrogens (primary N) is 1. The first-order valence-corrected chi connectivity index (χ1v) is 6.73. The van der Waals surface area contributed by atoms with Gasteiger partial charge in [-0.2, -0.15) is 0 Å². The molecular formula is C15H24N2O. The van der Waals surface area contributed by atoms with Crippen LogP contribution < -0.4 is 11.1 Å². The van der Waals surface area contributed by atoms with Crippen molar-refractivity contribution in [2.45, 2.75) is 39.3 Å². The van der Waals surface area contributed by atoms with Crippen molar-refractivity contribution < 1.29 is 4.74 Å². The molecule has 2 atom stereocenters. The van der Waals surface area contributed by atoms with Gasteiger partial charge in [-0.1, -0.05) is 17.7 Å². The highest BCUT2D eigenvalue weighted by Crippen LogP contribution is 2.25. The fourth-order valence-corrected chi connectivity index (χ4v) is 2.95. The molecule has 1 heterocycles. The van der Waals surface area contributed by atoms with Crippen molar-refractivity contribution in [1.82, 2.24) is 5.32 Å². The maximum atomic E-state index is 6.37. The smallest absolute Gasteiger partial charge is 0.0718 e. The van der Waals surface area contributed by atoms with E-state index in [1.54, 1.807) is 0 Å². The molecule has 0 spiro atoms. The van der Waals surface area contributed by atoms with E-state index in [2.05, 4.69) is 38.2 Å². The molecule has 100 valence electrons. The van der Waals surface area contributed by atoms with Crippen LogP contribution in [0.2, 0.25) is 0 Å². The zero-order valence-electron chi connectivity index (χ0n) is 11.6. The molecule has 0 saturated carbocycles. The van der Waals surface area contributed by atoms with Crippen LogP contribution in [0.4, 0.5) is 0 Å². The Bertz CT molecular complexity index is 388. The quantitative estimate of drug-likeness (QED) is 0.860. The van der Waals surface area contributed by atoms with Crippen molar-refractivity contribution in [1.29, 1.82) is 0 Å². The predicted molar refractivity (Wildman–Crippen MR) is 74.8 cm³/mol. The molecule has 18 heavy (non-hydrogen) atoms. The van der Waals surface area contributed by atoms with Crippen molar-refractivity contribution in [3.05, 3.63) is 34.4 Å². The Labute approximate surface area is 110 Å². The summed E-state index contributed by atoms with van der Waals surface area (Å²) in [6, 6.07) is 4.49. The topological polar surface area (TPSA) is 47.3 Å². The first kappa shape index (κ1) is 13.5. The highest BCUT2D eigenvalue weighted by atomic mass is 16.5. The van der Waals surface area contributed by atoms with Gasteiger partial charge in [0.25, 0.3) is 0 Å². The van der Waals surface area contributed by atoms with Gasteiger partial charge in [0.05, 0.1) is 12.7 Å². The molecule has 0 aliphatic carbocycles. The second-order valence-corrected chi connectivity index (χ2v) is 5.35. The Hall–Kier alpha value is -0.900. The number of aryl methyl sites for hydroxylation is 3. The summed E-state index contributed by atoms with van der Waals surface area (Å²) in [5.74, 6) is 0. The fraction of sp³-hybridized carbons (Fsp3) is 0.600. The molecule has 0 radical (unpaired) electrons. The highest BCUT2D eigenvalue weighted by molar-refractivity contribution is 5.39. The van der Waals surface area contributed by atoms with Crippen LogP contribution in [0.1, 0.15) is 34.7 Å². The van der Waals surface area contributed by atoms with Gasteiger partial charge in [-0.25, -0.2) is 0 Å². The molecule has 0 aromatic heterocycles. The standard InChI is InChI=1S/C15H24N2O/c1-10-6-11(2)15(12(3)7-10)14(16)8-13-9-17-4-5-18-13/h6-7,13-14,17H,4-5,8-9,16H2,1-3H3. The third kappa shape index (κ3) is 3.10. The van der Waals surface area contributed by atoms with Gasteiger partial charge in [-0.3, -0.25) is 0 Å². The van der Waals surface area contributed by atoms with E-state index in [4.69, 9.17) is 10.5 Å². The lowest BCUT2D eigenvalue weighted by molar-refractivity contribution is 0.0194. The van der Waals surface area contributed by atoms with Crippen molar-refractivity contribution in [3.8, 4) is 0 Å². The van der Waals surface area contributed by atoms with Crippen LogP contribution in [0.5, 0.6) is 0 Å². The van der Waals surface area contributed by atoms with E-state index >= 15 is 0 Å². The summed E-state index contributed by atoms with van der Waals surface area (Å²) in [6.07, 6.45) is 1.13. The summed E-state index contributed by atoms with van der Waals surface area (Å²) in [4.78, 5) is 0. The molecule has 1 saturated heterocycles. The maximum Gasteiger partial charge on any atom is 0.0718 e. The van der Waals surface area contributed by atoms with Crippen molar-refractivity contribution >= 4 is 0 Å². The summed E-state index contributed by atoms with van der Waals surface area (Å²) in [7, 11) is 0. The molecule has 1 aromatic rings. The normalized spacial score (nSPS) is 21.9. The van der Waals surface area contributed by atoms with E-state index < -0.39 is 0 Å². The number of nitrogens with one attached hydrogen (secondary N) is 1. The monoisotopic (exact) mass is 248 g/mol. The second-order valence-electron chi connectivity index (χ2n) is 5.35. The van der Waals surface area contributed by atoms with E-state index in [1.807, 2.05) is 0 Å². The largest absolute Gasteiger partial charge is 0.376 e. The average molecular weight is 248 g/mol. The van der Waals surface area contributed by atoms with Gasteiger partial charge in [-0.05, 0) is 43.9 Å². The lowest BCUT2D eigenvalue weighted by atomic mass is 9.91. The van der Waals surface area contributed by atoms with E-state index in [-0.39, 0.29) is 12.1 Å². The zero-order valence-corrected chi connectivity index (χ0v) is 11.6.